The highest BCUT2D eigenvalue weighted by atomic mass is 16.2. The van der Waals surface area contributed by atoms with E-state index in [2.05, 4.69) is 10.6 Å². The fourth-order valence-corrected chi connectivity index (χ4v) is 3.12. The number of hydrogen-bond donors (Lipinski definition) is 3. The number of hydrogen-bond acceptors (Lipinski definition) is 3. The van der Waals surface area contributed by atoms with Gasteiger partial charge in [-0.15, -0.1) is 0 Å². The van der Waals surface area contributed by atoms with E-state index in [1.807, 2.05) is 6.92 Å². The predicted molar refractivity (Wildman–Crippen MR) is 73.3 cm³/mol. The molecular weight excluding hydrogens is 242 g/mol. The van der Waals surface area contributed by atoms with Crippen LogP contribution in [0.2, 0.25) is 0 Å². The summed E-state index contributed by atoms with van der Waals surface area (Å²) >= 11 is 0. The first-order valence-electron chi connectivity index (χ1n) is 7.39. The Bertz CT molecular complexity index is 336. The molecule has 108 valence electrons. The van der Waals surface area contributed by atoms with Gasteiger partial charge in [-0.25, -0.2) is 0 Å². The number of rotatable bonds is 3. The van der Waals surface area contributed by atoms with Crippen molar-refractivity contribution in [2.75, 3.05) is 6.54 Å². The van der Waals surface area contributed by atoms with Gasteiger partial charge in [-0.2, -0.15) is 0 Å². The zero-order valence-electron chi connectivity index (χ0n) is 11.7. The fourth-order valence-electron chi connectivity index (χ4n) is 3.12. The molecule has 0 spiro atoms. The summed E-state index contributed by atoms with van der Waals surface area (Å²) in [5, 5.41) is 5.85. The van der Waals surface area contributed by atoms with E-state index in [9.17, 15) is 9.59 Å². The molecule has 1 aliphatic heterocycles. The van der Waals surface area contributed by atoms with E-state index in [4.69, 9.17) is 5.73 Å². The lowest BCUT2D eigenvalue weighted by atomic mass is 9.78. The summed E-state index contributed by atoms with van der Waals surface area (Å²) < 4.78 is 0. The van der Waals surface area contributed by atoms with Crippen LogP contribution in [0.4, 0.5) is 0 Å². The molecule has 1 saturated heterocycles. The van der Waals surface area contributed by atoms with Gasteiger partial charge in [-0.1, -0.05) is 13.3 Å². The summed E-state index contributed by atoms with van der Waals surface area (Å²) in [6.45, 7) is 2.56. The zero-order valence-corrected chi connectivity index (χ0v) is 11.7. The molecule has 1 aliphatic carbocycles. The third-order valence-corrected chi connectivity index (χ3v) is 4.49. The van der Waals surface area contributed by atoms with Crippen LogP contribution >= 0.6 is 0 Å². The number of carbonyl (C=O) groups is 2. The van der Waals surface area contributed by atoms with E-state index in [0.29, 0.717) is 18.9 Å². The van der Waals surface area contributed by atoms with Crippen molar-refractivity contribution >= 4 is 11.8 Å². The van der Waals surface area contributed by atoms with Gasteiger partial charge in [-0.3, -0.25) is 9.59 Å². The van der Waals surface area contributed by atoms with Crippen LogP contribution in [0.5, 0.6) is 0 Å². The van der Waals surface area contributed by atoms with Gasteiger partial charge in [0.2, 0.25) is 11.8 Å². The number of nitrogens with two attached hydrogens (primary N) is 1. The van der Waals surface area contributed by atoms with E-state index in [0.717, 1.165) is 32.1 Å². The maximum atomic E-state index is 12.2. The number of nitrogens with one attached hydrogen (secondary N) is 2. The van der Waals surface area contributed by atoms with Crippen molar-refractivity contribution in [1.29, 1.82) is 0 Å². The molecule has 5 nitrogen and oxygen atoms in total. The molecule has 1 saturated carbocycles. The number of carbonyl (C=O) groups excluding carboxylic acids is 2. The first-order valence-corrected chi connectivity index (χ1v) is 7.39. The van der Waals surface area contributed by atoms with Gasteiger partial charge in [0.1, 0.15) is 0 Å². The maximum Gasteiger partial charge on any atom is 0.223 e. The molecule has 2 aliphatic rings. The summed E-state index contributed by atoms with van der Waals surface area (Å²) in [6, 6.07) is 0.341. The van der Waals surface area contributed by atoms with Crippen LogP contribution in [0.15, 0.2) is 0 Å². The molecule has 2 fully saturated rings. The Balaban J connectivity index is 1.80. The molecule has 0 aromatic carbocycles. The third kappa shape index (κ3) is 3.93. The minimum atomic E-state index is 0.0176. The van der Waals surface area contributed by atoms with Crippen LogP contribution in [0.25, 0.3) is 0 Å². The molecule has 0 bridgehead atoms. The second kappa shape index (κ2) is 6.37. The maximum absolute atomic E-state index is 12.2. The highest BCUT2D eigenvalue weighted by Crippen LogP contribution is 2.29. The van der Waals surface area contributed by atoms with Gasteiger partial charge in [0.15, 0.2) is 0 Å². The largest absolute Gasteiger partial charge is 0.354 e. The third-order valence-electron chi connectivity index (χ3n) is 4.49. The Kier molecular flexibility index (Phi) is 4.80. The van der Waals surface area contributed by atoms with Gasteiger partial charge in [0, 0.05) is 31.0 Å². The summed E-state index contributed by atoms with van der Waals surface area (Å²) in [4.78, 5) is 23.3. The fraction of sp³-hybridized carbons (Fsp3) is 0.857. The van der Waals surface area contributed by atoms with Gasteiger partial charge >= 0.3 is 0 Å². The summed E-state index contributed by atoms with van der Waals surface area (Å²) in [5.74, 6) is 0.614. The summed E-state index contributed by atoms with van der Waals surface area (Å²) in [7, 11) is 0. The van der Waals surface area contributed by atoms with Crippen molar-refractivity contribution in [1.82, 2.24) is 10.6 Å². The molecule has 2 amide bonds. The summed E-state index contributed by atoms with van der Waals surface area (Å²) in [5.41, 5.74) is 5.98. The van der Waals surface area contributed by atoms with E-state index in [1.54, 1.807) is 0 Å². The average molecular weight is 267 g/mol. The van der Waals surface area contributed by atoms with Gasteiger partial charge < -0.3 is 16.4 Å². The van der Waals surface area contributed by atoms with Gasteiger partial charge in [0.05, 0.1) is 0 Å². The Hall–Kier alpha value is -1.10. The Morgan fingerprint density at radius 2 is 2.21 bits per heavy atom. The van der Waals surface area contributed by atoms with Gasteiger partial charge in [-0.05, 0) is 31.6 Å². The topological polar surface area (TPSA) is 84.2 Å². The van der Waals surface area contributed by atoms with Crippen molar-refractivity contribution < 1.29 is 9.59 Å². The van der Waals surface area contributed by atoms with E-state index in [1.165, 1.54) is 0 Å². The molecular formula is C14H25N3O2. The van der Waals surface area contributed by atoms with E-state index >= 15 is 0 Å². The Morgan fingerprint density at radius 3 is 2.84 bits per heavy atom. The molecule has 1 heterocycles. The monoisotopic (exact) mass is 267 g/mol. The predicted octanol–water partition coefficient (Wildman–Crippen LogP) is 0.535. The normalized spacial score (nSPS) is 33.4. The highest BCUT2D eigenvalue weighted by molar-refractivity contribution is 5.80. The first-order chi connectivity index (χ1) is 9.06. The quantitative estimate of drug-likeness (QED) is 0.697. The van der Waals surface area contributed by atoms with Crippen LogP contribution in [0.3, 0.4) is 0 Å². The minimum absolute atomic E-state index is 0.0176. The van der Waals surface area contributed by atoms with E-state index < -0.39 is 0 Å². The molecule has 0 radical (unpaired) electrons. The zero-order chi connectivity index (χ0) is 13.8. The van der Waals surface area contributed by atoms with Crippen LogP contribution in [0, 0.1) is 11.8 Å². The molecule has 0 aromatic heterocycles. The van der Waals surface area contributed by atoms with Crippen molar-refractivity contribution in [2.24, 2.45) is 17.6 Å². The van der Waals surface area contributed by atoms with Crippen molar-refractivity contribution in [3.63, 3.8) is 0 Å². The molecule has 2 rings (SSSR count). The lowest BCUT2D eigenvalue weighted by Gasteiger charge is -2.32. The Labute approximate surface area is 114 Å². The minimum Gasteiger partial charge on any atom is -0.354 e. The SMILES string of the molecule is CC(C(=O)NC1CCC(=O)NC1)C1CCCC(N)C1. The van der Waals surface area contributed by atoms with Crippen molar-refractivity contribution in [2.45, 2.75) is 57.5 Å². The average Bonchev–Trinajstić information content (AvgIpc) is 2.40. The van der Waals surface area contributed by atoms with Crippen LogP contribution in [-0.4, -0.2) is 30.4 Å². The lowest BCUT2D eigenvalue weighted by molar-refractivity contribution is -0.129. The van der Waals surface area contributed by atoms with Crippen LogP contribution < -0.4 is 16.4 Å². The molecule has 4 N–H and O–H groups in total. The molecule has 19 heavy (non-hydrogen) atoms. The van der Waals surface area contributed by atoms with Crippen LogP contribution in [0.1, 0.15) is 45.4 Å². The molecule has 0 aromatic rings. The lowest BCUT2D eigenvalue weighted by Crippen LogP contribution is -2.50. The summed E-state index contributed by atoms with van der Waals surface area (Å²) in [6.07, 6.45) is 5.52. The smallest absolute Gasteiger partial charge is 0.223 e. The number of amides is 2. The first kappa shape index (κ1) is 14.3. The molecule has 4 atom stereocenters. The van der Waals surface area contributed by atoms with Crippen LogP contribution in [-0.2, 0) is 9.59 Å². The van der Waals surface area contributed by atoms with Crippen molar-refractivity contribution in [3.05, 3.63) is 0 Å². The van der Waals surface area contributed by atoms with E-state index in [-0.39, 0.29) is 29.8 Å². The molecule has 4 unspecified atom stereocenters. The molecule has 5 heteroatoms. The number of piperidine rings is 1. The van der Waals surface area contributed by atoms with Gasteiger partial charge in [0.25, 0.3) is 0 Å². The van der Waals surface area contributed by atoms with Crippen molar-refractivity contribution in [3.8, 4) is 0 Å². The Morgan fingerprint density at radius 1 is 1.42 bits per heavy atom. The second-order valence-electron chi connectivity index (χ2n) is 6.02. The second-order valence-corrected chi connectivity index (χ2v) is 6.02. The standard InChI is InChI=1S/C14H25N3O2/c1-9(10-3-2-4-11(15)7-10)14(19)17-12-5-6-13(18)16-8-12/h9-12H,2-8,15H2,1H3,(H,16,18)(H,17,19). The highest BCUT2D eigenvalue weighted by Gasteiger charge is 2.30.